The number of rotatable bonds is 3. The Balaban J connectivity index is 3.32. The van der Waals surface area contributed by atoms with Gasteiger partial charge in [-0.3, -0.25) is 4.79 Å². The largest absolute Gasteiger partial charge is 0.378 e. The van der Waals surface area contributed by atoms with Crippen LogP contribution in [-0.4, -0.2) is 19.9 Å². The van der Waals surface area contributed by atoms with Crippen LogP contribution in [0, 0.1) is 0 Å². The summed E-state index contributed by atoms with van der Waals surface area (Å²) in [7, 11) is 3.92. The molecule has 0 radical (unpaired) electrons. The molecule has 1 rings (SSSR count). The van der Waals surface area contributed by atoms with Crippen LogP contribution in [0.1, 0.15) is 29.8 Å². The highest BCUT2D eigenvalue weighted by molar-refractivity contribution is 5.96. The van der Waals surface area contributed by atoms with E-state index in [0.717, 1.165) is 22.4 Å². The van der Waals surface area contributed by atoms with Crippen molar-refractivity contribution in [3.63, 3.8) is 0 Å². The minimum absolute atomic E-state index is 0.0844. The van der Waals surface area contributed by atoms with Gasteiger partial charge in [0.15, 0.2) is 5.78 Å². The van der Waals surface area contributed by atoms with Crippen molar-refractivity contribution < 1.29 is 4.79 Å². The molecular formula is C13H17NO. The zero-order valence-electron chi connectivity index (χ0n) is 9.79. The Morgan fingerprint density at radius 3 is 2.07 bits per heavy atom. The van der Waals surface area contributed by atoms with Crippen molar-refractivity contribution >= 4 is 17.0 Å². The number of ketones is 1. The SMILES string of the molecule is C=C(C)c1cc(C(C)=O)cc(N(C)C)c1. The molecule has 15 heavy (non-hydrogen) atoms. The number of nitrogens with zero attached hydrogens (tertiary/aromatic N) is 1. The monoisotopic (exact) mass is 203 g/mol. The zero-order valence-corrected chi connectivity index (χ0v) is 9.79. The van der Waals surface area contributed by atoms with Gasteiger partial charge in [-0.15, -0.1) is 0 Å². The summed E-state index contributed by atoms with van der Waals surface area (Å²) >= 11 is 0. The molecule has 2 nitrogen and oxygen atoms in total. The minimum Gasteiger partial charge on any atom is -0.378 e. The summed E-state index contributed by atoms with van der Waals surface area (Å²) in [5.41, 5.74) is 3.76. The van der Waals surface area contributed by atoms with Gasteiger partial charge in [0.25, 0.3) is 0 Å². The molecule has 0 amide bonds. The summed E-state index contributed by atoms with van der Waals surface area (Å²) in [5.74, 6) is 0.0844. The van der Waals surface area contributed by atoms with E-state index in [4.69, 9.17) is 0 Å². The van der Waals surface area contributed by atoms with Crippen LogP contribution in [0.25, 0.3) is 5.57 Å². The van der Waals surface area contributed by atoms with Crippen LogP contribution in [0.5, 0.6) is 0 Å². The standard InChI is InChI=1S/C13H17NO/c1-9(2)11-6-12(10(3)15)8-13(7-11)14(4)5/h6-8H,1H2,2-5H3. The summed E-state index contributed by atoms with van der Waals surface area (Å²) in [6.07, 6.45) is 0. The molecule has 0 saturated heterocycles. The number of anilines is 1. The molecule has 80 valence electrons. The van der Waals surface area contributed by atoms with Crippen LogP contribution in [-0.2, 0) is 0 Å². The van der Waals surface area contributed by atoms with E-state index in [-0.39, 0.29) is 5.78 Å². The van der Waals surface area contributed by atoms with Crippen LogP contribution >= 0.6 is 0 Å². The highest BCUT2D eigenvalue weighted by Crippen LogP contribution is 2.22. The first-order valence-corrected chi connectivity index (χ1v) is 4.91. The molecule has 0 saturated carbocycles. The molecule has 0 aromatic heterocycles. The number of carbonyl (C=O) groups excluding carboxylic acids is 1. The van der Waals surface area contributed by atoms with E-state index in [1.807, 2.05) is 44.1 Å². The predicted molar refractivity (Wildman–Crippen MR) is 65.5 cm³/mol. The highest BCUT2D eigenvalue weighted by atomic mass is 16.1. The van der Waals surface area contributed by atoms with Crippen LogP contribution in [0.4, 0.5) is 5.69 Å². The molecule has 2 heteroatoms. The second kappa shape index (κ2) is 4.30. The van der Waals surface area contributed by atoms with Crippen molar-refractivity contribution in [3.05, 3.63) is 35.9 Å². The number of Topliss-reactive ketones (excluding diaryl/α,β-unsaturated/α-hetero) is 1. The van der Waals surface area contributed by atoms with Crippen molar-refractivity contribution in [2.24, 2.45) is 0 Å². The van der Waals surface area contributed by atoms with Crippen LogP contribution in [0.3, 0.4) is 0 Å². The fraction of sp³-hybridized carbons (Fsp3) is 0.308. The molecule has 0 fully saturated rings. The highest BCUT2D eigenvalue weighted by Gasteiger charge is 2.06. The summed E-state index contributed by atoms with van der Waals surface area (Å²) in [6, 6.07) is 5.82. The number of allylic oxidation sites excluding steroid dienone is 1. The van der Waals surface area contributed by atoms with Gasteiger partial charge in [0.1, 0.15) is 0 Å². The fourth-order valence-corrected chi connectivity index (χ4v) is 1.32. The Morgan fingerprint density at radius 1 is 1.13 bits per heavy atom. The second-order valence-corrected chi connectivity index (χ2v) is 4.00. The first kappa shape index (κ1) is 11.5. The lowest BCUT2D eigenvalue weighted by molar-refractivity contribution is 0.101. The molecule has 1 aromatic rings. The molecule has 0 atom stereocenters. The Hall–Kier alpha value is -1.57. The average Bonchev–Trinajstić information content (AvgIpc) is 2.16. The summed E-state index contributed by atoms with van der Waals surface area (Å²) in [4.78, 5) is 13.3. The van der Waals surface area contributed by atoms with E-state index in [1.165, 1.54) is 0 Å². The summed E-state index contributed by atoms with van der Waals surface area (Å²) < 4.78 is 0. The quantitative estimate of drug-likeness (QED) is 0.704. The third kappa shape index (κ3) is 2.69. The second-order valence-electron chi connectivity index (χ2n) is 4.00. The molecule has 0 aliphatic heterocycles. The first-order valence-electron chi connectivity index (χ1n) is 4.91. The van der Waals surface area contributed by atoms with Gasteiger partial charge >= 0.3 is 0 Å². The third-order valence-electron chi connectivity index (χ3n) is 2.33. The molecule has 0 aliphatic rings. The molecule has 0 spiro atoms. The van der Waals surface area contributed by atoms with Crippen LogP contribution in [0.2, 0.25) is 0 Å². The van der Waals surface area contributed by atoms with Gasteiger partial charge in [-0.05, 0) is 37.6 Å². The van der Waals surface area contributed by atoms with Crippen LogP contribution in [0.15, 0.2) is 24.8 Å². The topological polar surface area (TPSA) is 20.3 Å². The first-order chi connectivity index (χ1) is 6.91. The van der Waals surface area contributed by atoms with Gasteiger partial charge in [-0.25, -0.2) is 0 Å². The van der Waals surface area contributed by atoms with E-state index in [2.05, 4.69) is 6.58 Å². The van der Waals surface area contributed by atoms with Crippen molar-refractivity contribution in [1.29, 1.82) is 0 Å². The van der Waals surface area contributed by atoms with Crippen molar-refractivity contribution in [1.82, 2.24) is 0 Å². The van der Waals surface area contributed by atoms with E-state index < -0.39 is 0 Å². The zero-order chi connectivity index (χ0) is 11.6. The maximum Gasteiger partial charge on any atom is 0.159 e. The van der Waals surface area contributed by atoms with Gasteiger partial charge in [0.05, 0.1) is 0 Å². The van der Waals surface area contributed by atoms with Gasteiger partial charge in [-0.2, -0.15) is 0 Å². The lowest BCUT2D eigenvalue weighted by atomic mass is 10.0. The Morgan fingerprint density at radius 2 is 1.67 bits per heavy atom. The number of hydrogen-bond acceptors (Lipinski definition) is 2. The summed E-state index contributed by atoms with van der Waals surface area (Å²) in [6.45, 7) is 7.42. The molecule has 0 heterocycles. The van der Waals surface area contributed by atoms with Gasteiger partial charge in [0, 0.05) is 25.3 Å². The van der Waals surface area contributed by atoms with Crippen molar-refractivity contribution in [3.8, 4) is 0 Å². The molecule has 0 N–H and O–H groups in total. The lowest BCUT2D eigenvalue weighted by Crippen LogP contribution is -2.10. The average molecular weight is 203 g/mol. The molecule has 0 bridgehead atoms. The summed E-state index contributed by atoms with van der Waals surface area (Å²) in [5, 5.41) is 0. The van der Waals surface area contributed by atoms with Gasteiger partial charge in [0.2, 0.25) is 0 Å². The van der Waals surface area contributed by atoms with Crippen LogP contribution < -0.4 is 4.90 Å². The normalized spacial score (nSPS) is 9.87. The minimum atomic E-state index is 0.0844. The molecule has 1 aromatic carbocycles. The maximum atomic E-state index is 11.3. The van der Waals surface area contributed by atoms with E-state index >= 15 is 0 Å². The Labute approximate surface area is 91.2 Å². The maximum absolute atomic E-state index is 11.3. The fourth-order valence-electron chi connectivity index (χ4n) is 1.32. The molecule has 0 aliphatic carbocycles. The predicted octanol–water partition coefficient (Wildman–Crippen LogP) is 2.99. The number of benzene rings is 1. The van der Waals surface area contributed by atoms with Crippen molar-refractivity contribution in [2.75, 3.05) is 19.0 Å². The smallest absolute Gasteiger partial charge is 0.159 e. The Bertz CT molecular complexity index is 373. The van der Waals surface area contributed by atoms with E-state index in [9.17, 15) is 4.79 Å². The van der Waals surface area contributed by atoms with Gasteiger partial charge < -0.3 is 4.90 Å². The molecule has 0 unspecified atom stereocenters. The Kier molecular flexibility index (Phi) is 3.30. The number of carbonyl (C=O) groups is 1. The molecular weight excluding hydrogens is 186 g/mol. The van der Waals surface area contributed by atoms with E-state index in [1.54, 1.807) is 6.92 Å². The van der Waals surface area contributed by atoms with Crippen molar-refractivity contribution in [2.45, 2.75) is 13.8 Å². The number of hydrogen-bond donors (Lipinski definition) is 0. The third-order valence-corrected chi connectivity index (χ3v) is 2.33. The lowest BCUT2D eigenvalue weighted by Gasteiger charge is -2.15. The van der Waals surface area contributed by atoms with E-state index in [0.29, 0.717) is 0 Å². The van der Waals surface area contributed by atoms with Gasteiger partial charge in [-0.1, -0.05) is 12.2 Å².